The summed E-state index contributed by atoms with van der Waals surface area (Å²) < 4.78 is 39.3. The molecular weight excluding hydrogens is 474 g/mol. The maximum atomic E-state index is 15.0. The molecule has 36 heavy (non-hydrogen) atoms. The first-order chi connectivity index (χ1) is 16.9. The topological polar surface area (TPSA) is 140 Å². The number of carbonyl (C=O) groups excluding carboxylic acids is 2. The van der Waals surface area contributed by atoms with Gasteiger partial charge >= 0.3 is 6.09 Å². The van der Waals surface area contributed by atoms with Crippen LogP contribution in [0.3, 0.4) is 0 Å². The van der Waals surface area contributed by atoms with Gasteiger partial charge < -0.3 is 31.2 Å². The number of nitrogens with one attached hydrogen (secondary N) is 3. The minimum atomic E-state index is -0.922. The summed E-state index contributed by atoms with van der Waals surface area (Å²) in [6.07, 6.45) is 3.04. The summed E-state index contributed by atoms with van der Waals surface area (Å²) in [6.45, 7) is 7.20. The Hall–Kier alpha value is -3.70. The number of anilines is 3. The second-order valence-electron chi connectivity index (χ2n) is 9.59. The van der Waals surface area contributed by atoms with Crippen LogP contribution in [0.25, 0.3) is 0 Å². The standard InChI is InChI=1S/C24H32F2N6O4/c1-6-17(30-23(34)36-24(2,3)4)18(12-7-8-12)31-21-15(25)10-14(19(27)33)20(32-21)29-13-9-16(26)22(35-5)28-11-13/h9-12,17-18H,6-8H2,1-5H3,(H2,27,33)(H,30,34)(H2,29,31,32)/t17-,18+/m0/s1. The number of amides is 2. The van der Waals surface area contributed by atoms with Gasteiger partial charge in [-0.25, -0.2) is 23.5 Å². The van der Waals surface area contributed by atoms with Gasteiger partial charge in [-0.05, 0) is 52.0 Å². The summed E-state index contributed by atoms with van der Waals surface area (Å²) >= 11 is 0. The highest BCUT2D eigenvalue weighted by atomic mass is 19.1. The summed E-state index contributed by atoms with van der Waals surface area (Å²) in [4.78, 5) is 32.4. The third-order valence-corrected chi connectivity index (χ3v) is 5.51. The fourth-order valence-corrected chi connectivity index (χ4v) is 3.72. The maximum Gasteiger partial charge on any atom is 0.407 e. The Morgan fingerprint density at radius 1 is 1.19 bits per heavy atom. The minimum absolute atomic E-state index is 0.0829. The Morgan fingerprint density at radius 3 is 2.42 bits per heavy atom. The average Bonchev–Trinajstić information content (AvgIpc) is 3.61. The molecule has 0 radical (unpaired) electrons. The van der Waals surface area contributed by atoms with Crippen molar-refractivity contribution >= 4 is 29.3 Å². The number of methoxy groups -OCH3 is 1. The van der Waals surface area contributed by atoms with E-state index in [1.165, 1.54) is 13.3 Å². The van der Waals surface area contributed by atoms with Crippen LogP contribution in [-0.4, -0.2) is 46.8 Å². The van der Waals surface area contributed by atoms with Gasteiger partial charge in [-0.15, -0.1) is 0 Å². The van der Waals surface area contributed by atoms with Crippen LogP contribution in [0.4, 0.5) is 30.9 Å². The minimum Gasteiger partial charge on any atom is -0.479 e. The van der Waals surface area contributed by atoms with Crippen LogP contribution in [0.15, 0.2) is 18.3 Å². The van der Waals surface area contributed by atoms with Crippen molar-refractivity contribution < 1.29 is 27.8 Å². The predicted molar refractivity (Wildman–Crippen MR) is 130 cm³/mol. The molecule has 2 amide bonds. The Bertz CT molecular complexity index is 1120. The van der Waals surface area contributed by atoms with Crippen LogP contribution in [-0.2, 0) is 4.74 Å². The third kappa shape index (κ3) is 6.92. The van der Waals surface area contributed by atoms with Crippen LogP contribution >= 0.6 is 0 Å². The van der Waals surface area contributed by atoms with Gasteiger partial charge in [-0.2, -0.15) is 0 Å². The number of pyridine rings is 2. The first-order valence-electron chi connectivity index (χ1n) is 11.6. The van der Waals surface area contributed by atoms with Crippen molar-refractivity contribution in [2.75, 3.05) is 17.7 Å². The highest BCUT2D eigenvalue weighted by molar-refractivity contribution is 5.98. The maximum absolute atomic E-state index is 15.0. The third-order valence-electron chi connectivity index (χ3n) is 5.51. The zero-order valence-corrected chi connectivity index (χ0v) is 20.9. The van der Waals surface area contributed by atoms with Crippen molar-refractivity contribution in [3.8, 4) is 5.88 Å². The SMILES string of the molecule is CC[C@H](NC(=O)OC(C)(C)C)[C@H](Nc1nc(Nc2cnc(OC)c(F)c2)c(C(N)=O)cc1F)C1CC1. The fraction of sp³-hybridized carbons (Fsp3) is 0.500. The lowest BCUT2D eigenvalue weighted by Crippen LogP contribution is -2.49. The number of nitrogens with zero attached hydrogens (tertiary/aromatic N) is 2. The van der Waals surface area contributed by atoms with Crippen molar-refractivity contribution in [3.63, 3.8) is 0 Å². The highest BCUT2D eigenvalue weighted by Crippen LogP contribution is 2.37. The number of alkyl carbamates (subject to hydrolysis) is 1. The summed E-state index contributed by atoms with van der Waals surface area (Å²) in [5.74, 6) is -2.72. The zero-order chi connectivity index (χ0) is 26.6. The molecule has 0 aliphatic heterocycles. The molecule has 0 spiro atoms. The molecule has 0 aromatic carbocycles. The lowest BCUT2D eigenvalue weighted by molar-refractivity contribution is 0.0495. The van der Waals surface area contributed by atoms with Gasteiger partial charge in [0.1, 0.15) is 11.4 Å². The summed E-state index contributed by atoms with van der Waals surface area (Å²) in [7, 11) is 1.28. The molecule has 3 rings (SSSR count). The molecule has 12 heteroatoms. The fourth-order valence-electron chi connectivity index (χ4n) is 3.72. The molecule has 5 N–H and O–H groups in total. The van der Waals surface area contributed by atoms with Gasteiger partial charge in [-0.3, -0.25) is 4.79 Å². The van der Waals surface area contributed by atoms with E-state index in [-0.39, 0.29) is 46.8 Å². The van der Waals surface area contributed by atoms with Gasteiger partial charge in [0.2, 0.25) is 5.88 Å². The first kappa shape index (κ1) is 26.9. The van der Waals surface area contributed by atoms with Gasteiger partial charge in [0.25, 0.3) is 5.91 Å². The molecule has 2 atom stereocenters. The van der Waals surface area contributed by atoms with Crippen LogP contribution in [0.1, 0.15) is 57.3 Å². The summed E-state index contributed by atoms with van der Waals surface area (Å²) in [6, 6.07) is 1.33. The van der Waals surface area contributed by atoms with Gasteiger partial charge in [0, 0.05) is 6.07 Å². The molecule has 1 saturated carbocycles. The molecule has 2 heterocycles. The molecule has 1 aliphatic carbocycles. The number of rotatable bonds is 10. The number of hydrogen-bond acceptors (Lipinski definition) is 8. The molecule has 1 fully saturated rings. The molecule has 0 unspecified atom stereocenters. The van der Waals surface area contributed by atoms with E-state index in [9.17, 15) is 14.0 Å². The lowest BCUT2D eigenvalue weighted by Gasteiger charge is -2.30. The number of nitrogens with two attached hydrogens (primary N) is 1. The van der Waals surface area contributed by atoms with E-state index in [1.54, 1.807) is 20.8 Å². The van der Waals surface area contributed by atoms with Crippen molar-refractivity contribution in [3.05, 3.63) is 35.5 Å². The molecule has 0 bridgehead atoms. The Balaban J connectivity index is 1.89. The number of primary amides is 1. The van der Waals surface area contributed by atoms with Crippen molar-refractivity contribution in [2.45, 2.75) is 64.6 Å². The van der Waals surface area contributed by atoms with Crippen LogP contribution in [0.2, 0.25) is 0 Å². The normalized spacial score (nSPS) is 15.0. The molecule has 10 nitrogen and oxygen atoms in total. The largest absolute Gasteiger partial charge is 0.479 e. The zero-order valence-electron chi connectivity index (χ0n) is 20.9. The molecule has 1 aliphatic rings. The molecule has 0 saturated heterocycles. The second kappa shape index (κ2) is 10.9. The lowest BCUT2D eigenvalue weighted by atomic mass is 10.0. The summed E-state index contributed by atoms with van der Waals surface area (Å²) in [5.41, 5.74) is 4.68. The van der Waals surface area contributed by atoms with E-state index in [2.05, 4.69) is 25.9 Å². The predicted octanol–water partition coefficient (Wildman–Crippen LogP) is 4.10. The van der Waals surface area contributed by atoms with E-state index in [4.69, 9.17) is 15.2 Å². The molecule has 2 aromatic rings. The van der Waals surface area contributed by atoms with E-state index in [0.29, 0.717) is 6.42 Å². The highest BCUT2D eigenvalue weighted by Gasteiger charge is 2.38. The van der Waals surface area contributed by atoms with E-state index in [0.717, 1.165) is 25.0 Å². The van der Waals surface area contributed by atoms with E-state index >= 15 is 4.39 Å². The van der Waals surface area contributed by atoms with Gasteiger partial charge in [0.05, 0.1) is 36.6 Å². The number of halogens is 2. The second-order valence-corrected chi connectivity index (χ2v) is 9.59. The van der Waals surface area contributed by atoms with E-state index < -0.39 is 29.2 Å². The molecule has 196 valence electrons. The number of hydrogen-bond donors (Lipinski definition) is 4. The van der Waals surface area contributed by atoms with Crippen LogP contribution in [0.5, 0.6) is 5.88 Å². The number of aromatic nitrogens is 2. The van der Waals surface area contributed by atoms with Gasteiger partial charge in [-0.1, -0.05) is 6.92 Å². The quantitative estimate of drug-likeness (QED) is 0.378. The Labute approximate surface area is 208 Å². The molecular formula is C24H32F2N6O4. The van der Waals surface area contributed by atoms with Crippen molar-refractivity contribution in [2.24, 2.45) is 11.7 Å². The van der Waals surface area contributed by atoms with Gasteiger partial charge in [0.15, 0.2) is 17.5 Å². The van der Waals surface area contributed by atoms with Crippen LogP contribution in [0, 0.1) is 17.6 Å². The number of ether oxygens (including phenoxy) is 2. The molecule has 2 aromatic heterocycles. The Morgan fingerprint density at radius 2 is 1.89 bits per heavy atom. The summed E-state index contributed by atoms with van der Waals surface area (Å²) in [5, 5.41) is 8.72. The van der Waals surface area contributed by atoms with Crippen molar-refractivity contribution in [1.82, 2.24) is 15.3 Å². The number of carbonyl (C=O) groups is 2. The van der Waals surface area contributed by atoms with E-state index in [1.807, 2.05) is 6.92 Å². The average molecular weight is 507 g/mol. The van der Waals surface area contributed by atoms with Crippen molar-refractivity contribution in [1.29, 1.82) is 0 Å². The van der Waals surface area contributed by atoms with Crippen LogP contribution < -0.4 is 26.4 Å². The first-order valence-corrected chi connectivity index (χ1v) is 11.6. The smallest absolute Gasteiger partial charge is 0.407 e. The monoisotopic (exact) mass is 506 g/mol. The Kier molecular flexibility index (Phi) is 8.16.